The predicted molar refractivity (Wildman–Crippen MR) is 71.5 cm³/mol. The summed E-state index contributed by atoms with van der Waals surface area (Å²) in [4.78, 5) is 11.4. The lowest BCUT2D eigenvalue weighted by atomic mass is 10.1. The standard InChI is InChI=1S/C12H13F3N2O3S/c13-12(14,15)10(9-4-2-1-3-5-9)8-11(18)17-6-7-21(16,19)20/h1-5,8H,6-7H2,(H,17,18)(H2,16,19,20)/b10-8-. The quantitative estimate of drug-likeness (QED) is 0.794. The molecule has 1 aromatic carbocycles. The zero-order valence-electron chi connectivity index (χ0n) is 10.7. The molecule has 0 saturated carbocycles. The predicted octanol–water partition coefficient (Wildman–Crippen LogP) is 1.04. The molecule has 0 aliphatic heterocycles. The monoisotopic (exact) mass is 322 g/mol. The smallest absolute Gasteiger partial charge is 0.351 e. The van der Waals surface area contributed by atoms with Crippen molar-refractivity contribution < 1.29 is 26.4 Å². The second-order valence-corrected chi connectivity index (χ2v) is 5.81. The van der Waals surface area contributed by atoms with Crippen molar-refractivity contribution in [3.63, 3.8) is 0 Å². The number of rotatable bonds is 5. The van der Waals surface area contributed by atoms with E-state index in [0.717, 1.165) is 0 Å². The summed E-state index contributed by atoms with van der Waals surface area (Å²) < 4.78 is 60.0. The zero-order chi connectivity index (χ0) is 16.1. The van der Waals surface area contributed by atoms with Gasteiger partial charge in [-0.15, -0.1) is 0 Å². The van der Waals surface area contributed by atoms with Crippen LogP contribution < -0.4 is 10.5 Å². The van der Waals surface area contributed by atoms with Crippen molar-refractivity contribution in [1.29, 1.82) is 0 Å². The number of nitrogens with one attached hydrogen (secondary N) is 1. The van der Waals surface area contributed by atoms with Gasteiger partial charge in [-0.1, -0.05) is 30.3 Å². The van der Waals surface area contributed by atoms with Gasteiger partial charge >= 0.3 is 6.18 Å². The third-order valence-corrected chi connectivity index (χ3v) is 3.12. The topological polar surface area (TPSA) is 89.3 Å². The Morgan fingerprint density at radius 3 is 2.29 bits per heavy atom. The molecule has 9 heteroatoms. The fourth-order valence-electron chi connectivity index (χ4n) is 1.45. The van der Waals surface area contributed by atoms with Gasteiger partial charge in [0.25, 0.3) is 0 Å². The Bertz CT molecular complexity index is 625. The first-order valence-corrected chi connectivity index (χ1v) is 7.44. The molecule has 0 aliphatic rings. The van der Waals surface area contributed by atoms with Crippen molar-refractivity contribution in [3.05, 3.63) is 42.0 Å². The number of sulfonamides is 1. The largest absolute Gasteiger partial charge is 0.417 e. The number of halogens is 3. The van der Waals surface area contributed by atoms with Crippen LogP contribution in [0.5, 0.6) is 0 Å². The third-order valence-electron chi connectivity index (χ3n) is 2.35. The number of primary sulfonamides is 1. The van der Waals surface area contributed by atoms with Crippen LogP contribution in [0.3, 0.4) is 0 Å². The van der Waals surface area contributed by atoms with E-state index in [9.17, 15) is 26.4 Å². The molecule has 0 aliphatic carbocycles. The summed E-state index contributed by atoms with van der Waals surface area (Å²) in [6, 6.07) is 6.80. The molecule has 116 valence electrons. The maximum Gasteiger partial charge on any atom is 0.417 e. The number of carbonyl (C=O) groups excluding carboxylic acids is 1. The van der Waals surface area contributed by atoms with E-state index in [4.69, 9.17) is 5.14 Å². The summed E-state index contributed by atoms with van der Waals surface area (Å²) in [6.07, 6.45) is -4.32. The second-order valence-electron chi connectivity index (χ2n) is 4.08. The summed E-state index contributed by atoms with van der Waals surface area (Å²) >= 11 is 0. The van der Waals surface area contributed by atoms with Crippen LogP contribution in [0.4, 0.5) is 13.2 Å². The van der Waals surface area contributed by atoms with Crippen molar-refractivity contribution in [2.75, 3.05) is 12.3 Å². The maximum atomic E-state index is 12.9. The lowest BCUT2D eigenvalue weighted by Crippen LogP contribution is -2.31. The van der Waals surface area contributed by atoms with Crippen LogP contribution in [0.25, 0.3) is 5.57 Å². The van der Waals surface area contributed by atoms with E-state index in [2.05, 4.69) is 0 Å². The van der Waals surface area contributed by atoms with Crippen LogP contribution in [0.15, 0.2) is 36.4 Å². The summed E-state index contributed by atoms with van der Waals surface area (Å²) in [5.41, 5.74) is -1.28. The van der Waals surface area contributed by atoms with Gasteiger partial charge in [-0.2, -0.15) is 13.2 Å². The van der Waals surface area contributed by atoms with Gasteiger partial charge in [-0.25, -0.2) is 13.6 Å². The number of hydrogen-bond acceptors (Lipinski definition) is 3. The highest BCUT2D eigenvalue weighted by Gasteiger charge is 2.35. The minimum atomic E-state index is -4.71. The van der Waals surface area contributed by atoms with Crippen molar-refractivity contribution in [2.24, 2.45) is 5.14 Å². The highest BCUT2D eigenvalue weighted by Crippen LogP contribution is 2.33. The highest BCUT2D eigenvalue weighted by atomic mass is 32.2. The van der Waals surface area contributed by atoms with Gasteiger partial charge in [-0.05, 0) is 5.56 Å². The molecule has 1 amide bonds. The first-order chi connectivity index (χ1) is 9.59. The molecule has 21 heavy (non-hydrogen) atoms. The van der Waals surface area contributed by atoms with Crippen molar-refractivity contribution in [3.8, 4) is 0 Å². The Labute approximate surface area is 119 Å². The fraction of sp³-hybridized carbons (Fsp3) is 0.250. The van der Waals surface area contributed by atoms with Crippen LogP contribution in [0.2, 0.25) is 0 Å². The van der Waals surface area contributed by atoms with Gasteiger partial charge in [0.05, 0.1) is 11.3 Å². The molecule has 0 unspecified atom stereocenters. The van der Waals surface area contributed by atoms with E-state index >= 15 is 0 Å². The fourth-order valence-corrected chi connectivity index (χ4v) is 1.83. The van der Waals surface area contributed by atoms with Gasteiger partial charge in [0.1, 0.15) is 0 Å². The molecule has 3 N–H and O–H groups in total. The molecule has 5 nitrogen and oxygen atoms in total. The highest BCUT2D eigenvalue weighted by molar-refractivity contribution is 7.89. The summed E-state index contributed by atoms with van der Waals surface area (Å²) in [6.45, 7) is -0.367. The second kappa shape index (κ2) is 6.72. The maximum absolute atomic E-state index is 12.9. The molecule has 0 fully saturated rings. The molecule has 1 aromatic rings. The van der Waals surface area contributed by atoms with Crippen LogP contribution in [0.1, 0.15) is 5.56 Å². The zero-order valence-corrected chi connectivity index (χ0v) is 11.5. The van der Waals surface area contributed by atoms with Crippen LogP contribution in [-0.2, 0) is 14.8 Å². The normalized spacial score (nSPS) is 13.0. The number of alkyl halides is 3. The Balaban J connectivity index is 2.87. The van der Waals surface area contributed by atoms with Crippen LogP contribution in [0, 0.1) is 0 Å². The molecule has 0 spiro atoms. The number of allylic oxidation sites excluding steroid dienone is 1. The van der Waals surface area contributed by atoms with Gasteiger partial charge in [-0.3, -0.25) is 4.79 Å². The Morgan fingerprint density at radius 2 is 1.81 bits per heavy atom. The number of hydrogen-bond donors (Lipinski definition) is 2. The lowest BCUT2D eigenvalue weighted by Gasteiger charge is -2.12. The van der Waals surface area contributed by atoms with Gasteiger partial charge in [0.15, 0.2) is 0 Å². The van der Waals surface area contributed by atoms with E-state index in [1.54, 1.807) is 6.07 Å². The van der Waals surface area contributed by atoms with E-state index in [1.807, 2.05) is 5.32 Å². The average molecular weight is 322 g/mol. The molecule has 0 atom stereocenters. The number of amides is 1. The molecular weight excluding hydrogens is 309 g/mol. The van der Waals surface area contributed by atoms with Crippen LogP contribution in [-0.4, -0.2) is 32.8 Å². The molecule has 0 saturated heterocycles. The SMILES string of the molecule is NS(=O)(=O)CCNC(=O)/C=C(/c1ccccc1)C(F)(F)F. The Morgan fingerprint density at radius 1 is 1.24 bits per heavy atom. The molecule has 0 radical (unpaired) electrons. The van der Waals surface area contributed by atoms with Gasteiger partial charge < -0.3 is 5.32 Å². The van der Waals surface area contributed by atoms with Crippen molar-refractivity contribution in [2.45, 2.75) is 6.18 Å². The number of carbonyl (C=O) groups is 1. The van der Waals surface area contributed by atoms with Crippen molar-refractivity contribution >= 4 is 21.5 Å². The summed E-state index contributed by atoms with van der Waals surface area (Å²) in [5.74, 6) is -1.60. The lowest BCUT2D eigenvalue weighted by molar-refractivity contribution is -0.116. The number of benzene rings is 1. The first kappa shape index (κ1) is 17.2. The van der Waals surface area contributed by atoms with E-state index < -0.39 is 33.4 Å². The van der Waals surface area contributed by atoms with E-state index in [0.29, 0.717) is 6.08 Å². The average Bonchev–Trinajstić information content (AvgIpc) is 2.34. The van der Waals surface area contributed by atoms with Gasteiger partial charge in [0, 0.05) is 12.6 Å². The van der Waals surface area contributed by atoms with Crippen LogP contribution >= 0.6 is 0 Å². The summed E-state index contributed by atoms with van der Waals surface area (Å²) in [5, 5.41) is 6.75. The van der Waals surface area contributed by atoms with Gasteiger partial charge in [0.2, 0.25) is 15.9 Å². The molecule has 1 rings (SSSR count). The number of nitrogens with two attached hydrogens (primary N) is 1. The van der Waals surface area contributed by atoms with E-state index in [-0.39, 0.29) is 12.1 Å². The molecular formula is C12H13F3N2O3S. The minimum Gasteiger partial charge on any atom is -0.351 e. The van der Waals surface area contributed by atoms with Crippen molar-refractivity contribution in [1.82, 2.24) is 5.32 Å². The third kappa shape index (κ3) is 6.41. The first-order valence-electron chi connectivity index (χ1n) is 5.72. The minimum absolute atomic E-state index is 0.161. The Kier molecular flexibility index (Phi) is 5.50. The Hall–Kier alpha value is -1.87. The molecule has 0 heterocycles. The summed E-state index contributed by atoms with van der Waals surface area (Å²) in [7, 11) is -3.79. The molecule has 0 aromatic heterocycles. The van der Waals surface area contributed by atoms with E-state index in [1.165, 1.54) is 24.3 Å². The molecule has 0 bridgehead atoms.